The van der Waals surface area contributed by atoms with Gasteiger partial charge in [-0.1, -0.05) is 18.2 Å². The van der Waals surface area contributed by atoms with E-state index in [9.17, 15) is 4.79 Å². The number of nitrogens with one attached hydrogen (secondary N) is 3. The fourth-order valence-electron chi connectivity index (χ4n) is 1.43. The number of carbonyl (C=O) groups excluding carboxylic acids is 1. The maximum absolute atomic E-state index is 10.2. The highest BCUT2D eigenvalue weighted by Gasteiger charge is 2.12. The normalized spacial score (nSPS) is 14.4. The number of hydrogen-bond acceptors (Lipinski definition) is 5. The summed E-state index contributed by atoms with van der Waals surface area (Å²) in [6.07, 6.45) is -0.137. The summed E-state index contributed by atoms with van der Waals surface area (Å²) in [6, 6.07) is 8.91. The molecule has 6 N–H and O–H groups in total. The summed E-state index contributed by atoms with van der Waals surface area (Å²) >= 11 is 0. The zero-order valence-corrected chi connectivity index (χ0v) is 10.6. The SMILES string of the molecule is NC(=O)NC1NCCN1.OCCOc1ccccc1. The van der Waals surface area contributed by atoms with Crippen molar-refractivity contribution >= 4 is 6.03 Å². The van der Waals surface area contributed by atoms with Crippen molar-refractivity contribution in [3.8, 4) is 5.75 Å². The van der Waals surface area contributed by atoms with Gasteiger partial charge in [-0.3, -0.25) is 10.6 Å². The highest BCUT2D eigenvalue weighted by atomic mass is 16.5. The van der Waals surface area contributed by atoms with Crippen LogP contribution in [0.5, 0.6) is 5.75 Å². The van der Waals surface area contributed by atoms with Crippen molar-refractivity contribution in [1.29, 1.82) is 0 Å². The Kier molecular flexibility index (Phi) is 7.33. The Bertz CT molecular complexity index is 355. The van der Waals surface area contributed by atoms with E-state index in [1.807, 2.05) is 30.3 Å². The molecule has 0 saturated carbocycles. The summed E-state index contributed by atoms with van der Waals surface area (Å²) in [4.78, 5) is 10.2. The van der Waals surface area contributed by atoms with Crippen LogP contribution < -0.4 is 26.4 Å². The molecule has 7 nitrogen and oxygen atoms in total. The van der Waals surface area contributed by atoms with Crippen LogP contribution >= 0.6 is 0 Å². The van der Waals surface area contributed by atoms with E-state index in [1.54, 1.807) is 0 Å². The monoisotopic (exact) mass is 268 g/mol. The molecule has 2 amide bonds. The van der Waals surface area contributed by atoms with E-state index >= 15 is 0 Å². The van der Waals surface area contributed by atoms with Crippen molar-refractivity contribution < 1.29 is 14.6 Å². The van der Waals surface area contributed by atoms with E-state index < -0.39 is 6.03 Å². The molecule has 0 aromatic heterocycles. The molecule has 0 radical (unpaired) electrons. The van der Waals surface area contributed by atoms with Gasteiger partial charge >= 0.3 is 6.03 Å². The summed E-state index contributed by atoms with van der Waals surface area (Å²) in [7, 11) is 0. The van der Waals surface area contributed by atoms with Crippen LogP contribution in [0.3, 0.4) is 0 Å². The fraction of sp³-hybridized carbons (Fsp3) is 0.417. The van der Waals surface area contributed by atoms with E-state index in [1.165, 1.54) is 0 Å². The van der Waals surface area contributed by atoms with Crippen LogP contribution in [-0.4, -0.2) is 43.7 Å². The second-order valence-corrected chi connectivity index (χ2v) is 3.73. The molecule has 19 heavy (non-hydrogen) atoms. The molecule has 0 spiro atoms. The van der Waals surface area contributed by atoms with Gasteiger partial charge in [0, 0.05) is 13.1 Å². The Morgan fingerprint density at radius 2 is 2.00 bits per heavy atom. The van der Waals surface area contributed by atoms with Gasteiger partial charge in [-0.05, 0) is 12.1 Å². The number of aliphatic hydroxyl groups is 1. The Morgan fingerprint density at radius 3 is 2.53 bits per heavy atom. The van der Waals surface area contributed by atoms with E-state index in [0.29, 0.717) is 6.61 Å². The smallest absolute Gasteiger partial charge is 0.314 e. The molecule has 7 heteroatoms. The molecule has 1 aromatic rings. The number of aliphatic hydroxyl groups excluding tert-OH is 1. The fourth-order valence-corrected chi connectivity index (χ4v) is 1.43. The van der Waals surface area contributed by atoms with Gasteiger partial charge in [0.25, 0.3) is 0 Å². The molecule has 0 atom stereocenters. The number of urea groups is 1. The first-order valence-corrected chi connectivity index (χ1v) is 6.04. The van der Waals surface area contributed by atoms with Gasteiger partial charge in [0.15, 0.2) is 0 Å². The molecule has 1 fully saturated rings. The predicted octanol–water partition coefficient (Wildman–Crippen LogP) is -0.811. The quantitative estimate of drug-likeness (QED) is 0.491. The van der Waals surface area contributed by atoms with Crippen LogP contribution in [0.1, 0.15) is 0 Å². The molecule has 0 unspecified atom stereocenters. The van der Waals surface area contributed by atoms with Crippen LogP contribution in [0.2, 0.25) is 0 Å². The second kappa shape index (κ2) is 9.15. The number of benzene rings is 1. The van der Waals surface area contributed by atoms with Crippen LogP contribution in [0.4, 0.5) is 4.79 Å². The second-order valence-electron chi connectivity index (χ2n) is 3.73. The van der Waals surface area contributed by atoms with Gasteiger partial charge in [-0.25, -0.2) is 4.79 Å². The van der Waals surface area contributed by atoms with E-state index in [0.717, 1.165) is 18.8 Å². The van der Waals surface area contributed by atoms with Gasteiger partial charge in [-0.2, -0.15) is 0 Å². The van der Waals surface area contributed by atoms with E-state index in [4.69, 9.17) is 15.6 Å². The number of amides is 2. The standard InChI is InChI=1S/C8H10O2.C4H10N4O/c9-6-7-10-8-4-2-1-3-5-8;5-3(9)8-4-6-1-2-7-4/h1-5,9H,6-7H2;4,6-7H,1-2H2,(H3,5,8,9). The van der Waals surface area contributed by atoms with Crippen molar-refractivity contribution in [3.05, 3.63) is 30.3 Å². The molecule has 0 bridgehead atoms. The summed E-state index contributed by atoms with van der Waals surface area (Å²) in [5.41, 5.74) is 4.84. The molecule has 106 valence electrons. The third kappa shape index (κ3) is 7.24. The molecule has 1 aromatic carbocycles. The van der Waals surface area contributed by atoms with Crippen molar-refractivity contribution in [2.75, 3.05) is 26.3 Å². The lowest BCUT2D eigenvalue weighted by molar-refractivity contribution is 0.201. The summed E-state index contributed by atoms with van der Waals surface area (Å²) in [5, 5.41) is 16.8. The number of rotatable bonds is 4. The number of nitrogens with two attached hydrogens (primary N) is 1. The largest absolute Gasteiger partial charge is 0.491 e. The minimum absolute atomic E-state index is 0.0644. The van der Waals surface area contributed by atoms with Crippen LogP contribution in [0, 0.1) is 0 Å². The van der Waals surface area contributed by atoms with Crippen LogP contribution in [-0.2, 0) is 0 Å². The summed E-state index contributed by atoms with van der Waals surface area (Å²) < 4.78 is 5.11. The highest BCUT2D eigenvalue weighted by Crippen LogP contribution is 2.07. The Hall–Kier alpha value is -1.83. The summed E-state index contributed by atoms with van der Waals surface area (Å²) in [5.74, 6) is 0.802. The third-order valence-corrected chi connectivity index (χ3v) is 2.21. The Morgan fingerprint density at radius 1 is 1.37 bits per heavy atom. The highest BCUT2D eigenvalue weighted by molar-refractivity contribution is 5.71. The van der Waals surface area contributed by atoms with Crippen molar-refractivity contribution in [3.63, 3.8) is 0 Å². The van der Waals surface area contributed by atoms with Gasteiger partial charge in [0.2, 0.25) is 0 Å². The van der Waals surface area contributed by atoms with Crippen molar-refractivity contribution in [2.24, 2.45) is 5.73 Å². The third-order valence-electron chi connectivity index (χ3n) is 2.21. The van der Waals surface area contributed by atoms with E-state index in [-0.39, 0.29) is 12.9 Å². The van der Waals surface area contributed by atoms with Crippen molar-refractivity contribution in [2.45, 2.75) is 6.29 Å². The topological polar surface area (TPSA) is 109 Å². The lowest BCUT2D eigenvalue weighted by atomic mass is 10.3. The molecule has 0 aliphatic carbocycles. The van der Waals surface area contributed by atoms with Gasteiger partial charge in [0.05, 0.1) is 6.61 Å². The first kappa shape index (κ1) is 15.2. The van der Waals surface area contributed by atoms with E-state index in [2.05, 4.69) is 16.0 Å². The zero-order valence-electron chi connectivity index (χ0n) is 10.6. The molecule has 1 heterocycles. The number of ether oxygens (including phenoxy) is 1. The Labute approximate surface area is 112 Å². The summed E-state index contributed by atoms with van der Waals surface area (Å²) in [6.45, 7) is 2.16. The lowest BCUT2D eigenvalue weighted by Gasteiger charge is -2.09. The predicted molar refractivity (Wildman–Crippen MR) is 71.5 cm³/mol. The van der Waals surface area contributed by atoms with Gasteiger partial charge in [0.1, 0.15) is 18.6 Å². The number of primary amides is 1. The number of carbonyl (C=O) groups is 1. The van der Waals surface area contributed by atoms with Gasteiger partial charge in [-0.15, -0.1) is 0 Å². The molecule has 2 rings (SSSR count). The molecule has 1 aliphatic rings. The maximum Gasteiger partial charge on any atom is 0.314 e. The molecular formula is C12H20N4O3. The lowest BCUT2D eigenvalue weighted by Crippen LogP contribution is -2.50. The van der Waals surface area contributed by atoms with Crippen molar-refractivity contribution in [1.82, 2.24) is 16.0 Å². The first-order valence-electron chi connectivity index (χ1n) is 6.04. The minimum atomic E-state index is -0.512. The minimum Gasteiger partial charge on any atom is -0.491 e. The molecular weight excluding hydrogens is 248 g/mol. The Balaban J connectivity index is 0.000000191. The molecule has 1 saturated heterocycles. The maximum atomic E-state index is 10.2. The zero-order chi connectivity index (χ0) is 13.9. The average molecular weight is 268 g/mol. The van der Waals surface area contributed by atoms with Crippen LogP contribution in [0.15, 0.2) is 30.3 Å². The molecule has 1 aliphatic heterocycles. The number of hydrogen-bond donors (Lipinski definition) is 5. The first-order chi connectivity index (χ1) is 9.22. The average Bonchev–Trinajstić information content (AvgIpc) is 2.90. The van der Waals surface area contributed by atoms with Crippen LogP contribution in [0.25, 0.3) is 0 Å². The van der Waals surface area contributed by atoms with Gasteiger partial charge < -0.3 is 20.9 Å². The number of para-hydroxylation sites is 1.